The topological polar surface area (TPSA) is 47.0 Å². The molecular weight excluding hydrogens is 320 g/mol. The van der Waals surface area contributed by atoms with Crippen molar-refractivity contribution in [1.29, 1.82) is 0 Å². The standard InChI is InChI=1S/C17H28N6S/c1-4-18-16(19-11-14-13-24-17(20-14)21(2)3)23-10-7-15(12-23)22-8-5-6-9-22/h5-6,13,15H,4,7-12H2,1-3H3,(H,18,19). The summed E-state index contributed by atoms with van der Waals surface area (Å²) < 4.78 is 0. The second kappa shape index (κ2) is 7.98. The zero-order chi connectivity index (χ0) is 16.9. The molecule has 7 heteroatoms. The first-order valence-electron chi connectivity index (χ1n) is 8.71. The highest BCUT2D eigenvalue weighted by Crippen LogP contribution is 2.20. The van der Waals surface area contributed by atoms with Gasteiger partial charge in [0.05, 0.1) is 12.2 Å². The summed E-state index contributed by atoms with van der Waals surface area (Å²) in [6.07, 6.45) is 5.76. The van der Waals surface area contributed by atoms with Gasteiger partial charge in [-0.3, -0.25) is 4.90 Å². The monoisotopic (exact) mass is 348 g/mol. The van der Waals surface area contributed by atoms with Gasteiger partial charge in [0.15, 0.2) is 11.1 Å². The van der Waals surface area contributed by atoms with Crippen molar-refractivity contribution in [2.24, 2.45) is 4.99 Å². The van der Waals surface area contributed by atoms with Gasteiger partial charge >= 0.3 is 0 Å². The summed E-state index contributed by atoms with van der Waals surface area (Å²) in [6.45, 7) is 7.99. The molecule has 132 valence electrons. The van der Waals surface area contributed by atoms with Crippen molar-refractivity contribution in [1.82, 2.24) is 20.1 Å². The largest absolute Gasteiger partial charge is 0.357 e. The lowest BCUT2D eigenvalue weighted by Gasteiger charge is -2.25. The van der Waals surface area contributed by atoms with Gasteiger partial charge in [0.25, 0.3) is 0 Å². The number of guanidine groups is 1. The van der Waals surface area contributed by atoms with E-state index in [1.54, 1.807) is 11.3 Å². The summed E-state index contributed by atoms with van der Waals surface area (Å²) >= 11 is 1.67. The summed E-state index contributed by atoms with van der Waals surface area (Å²) in [5.74, 6) is 1.02. The van der Waals surface area contributed by atoms with E-state index in [1.807, 2.05) is 19.0 Å². The van der Waals surface area contributed by atoms with Crippen molar-refractivity contribution in [3.8, 4) is 0 Å². The van der Waals surface area contributed by atoms with Crippen LogP contribution in [-0.2, 0) is 6.54 Å². The Kier molecular flexibility index (Phi) is 5.73. The summed E-state index contributed by atoms with van der Waals surface area (Å²) in [4.78, 5) is 16.4. The van der Waals surface area contributed by atoms with Crippen LogP contribution >= 0.6 is 11.3 Å². The molecule has 0 aromatic carbocycles. The molecule has 0 amide bonds. The van der Waals surface area contributed by atoms with Crippen LogP contribution in [0.15, 0.2) is 22.5 Å². The van der Waals surface area contributed by atoms with Gasteiger partial charge in [0, 0.05) is 58.2 Å². The Balaban J connectivity index is 1.61. The number of nitrogens with one attached hydrogen (secondary N) is 1. The number of rotatable bonds is 5. The highest BCUT2D eigenvalue weighted by molar-refractivity contribution is 7.13. The van der Waals surface area contributed by atoms with Crippen molar-refractivity contribution < 1.29 is 0 Å². The number of hydrogen-bond acceptors (Lipinski definition) is 5. The number of nitrogens with zero attached hydrogens (tertiary/aromatic N) is 5. The molecule has 3 rings (SSSR count). The zero-order valence-corrected chi connectivity index (χ0v) is 15.7. The fourth-order valence-electron chi connectivity index (χ4n) is 3.18. The molecule has 0 aliphatic carbocycles. The van der Waals surface area contributed by atoms with Crippen molar-refractivity contribution in [2.75, 3.05) is 51.7 Å². The first kappa shape index (κ1) is 17.2. The molecule has 0 spiro atoms. The molecule has 3 heterocycles. The van der Waals surface area contributed by atoms with Gasteiger partial charge in [-0.15, -0.1) is 11.3 Å². The quantitative estimate of drug-likeness (QED) is 0.498. The van der Waals surface area contributed by atoms with E-state index in [9.17, 15) is 0 Å². The molecule has 2 aliphatic rings. The third kappa shape index (κ3) is 4.08. The smallest absolute Gasteiger partial charge is 0.194 e. The predicted molar refractivity (Wildman–Crippen MR) is 102 cm³/mol. The van der Waals surface area contributed by atoms with Crippen LogP contribution in [0.2, 0.25) is 0 Å². The average molecular weight is 349 g/mol. The van der Waals surface area contributed by atoms with Gasteiger partial charge in [-0.25, -0.2) is 9.98 Å². The van der Waals surface area contributed by atoms with Crippen LogP contribution in [0.25, 0.3) is 0 Å². The van der Waals surface area contributed by atoms with Crippen LogP contribution < -0.4 is 10.2 Å². The van der Waals surface area contributed by atoms with Gasteiger partial charge in [-0.05, 0) is 13.3 Å². The fraction of sp³-hybridized carbons (Fsp3) is 0.647. The summed E-state index contributed by atoms with van der Waals surface area (Å²) in [6, 6.07) is 0.642. The molecule has 6 nitrogen and oxygen atoms in total. The van der Waals surface area contributed by atoms with E-state index in [2.05, 4.69) is 44.6 Å². The molecule has 1 aromatic rings. The first-order chi connectivity index (χ1) is 11.7. The number of aromatic nitrogens is 1. The molecule has 1 saturated heterocycles. The molecule has 0 radical (unpaired) electrons. The normalized spacial score (nSPS) is 21.7. The third-order valence-electron chi connectivity index (χ3n) is 4.47. The molecule has 1 fully saturated rings. The van der Waals surface area contributed by atoms with E-state index < -0.39 is 0 Å². The Morgan fingerprint density at radius 2 is 2.21 bits per heavy atom. The third-order valence-corrected chi connectivity index (χ3v) is 5.53. The average Bonchev–Trinajstić information content (AvgIpc) is 3.32. The molecule has 0 saturated carbocycles. The lowest BCUT2D eigenvalue weighted by atomic mass is 10.2. The second-order valence-corrected chi connectivity index (χ2v) is 7.34. The number of anilines is 1. The van der Waals surface area contributed by atoms with Crippen molar-refractivity contribution in [2.45, 2.75) is 25.9 Å². The van der Waals surface area contributed by atoms with E-state index in [1.165, 1.54) is 6.42 Å². The molecule has 1 aromatic heterocycles. The maximum absolute atomic E-state index is 4.82. The van der Waals surface area contributed by atoms with Crippen LogP contribution in [0, 0.1) is 0 Å². The predicted octanol–water partition coefficient (Wildman–Crippen LogP) is 1.62. The zero-order valence-electron chi connectivity index (χ0n) is 14.9. The SMILES string of the molecule is CCNC(=NCc1csc(N(C)C)n1)N1CCC(N2CC=CC2)C1. The molecule has 1 N–H and O–H groups in total. The lowest BCUT2D eigenvalue weighted by Crippen LogP contribution is -2.42. The second-order valence-electron chi connectivity index (χ2n) is 6.50. The Morgan fingerprint density at radius 1 is 1.42 bits per heavy atom. The maximum Gasteiger partial charge on any atom is 0.194 e. The number of aliphatic imine (C=N–C) groups is 1. The van der Waals surface area contributed by atoms with Crippen LogP contribution in [0.3, 0.4) is 0 Å². The molecule has 0 bridgehead atoms. The molecule has 1 atom stereocenters. The van der Waals surface area contributed by atoms with Crippen molar-refractivity contribution in [3.05, 3.63) is 23.2 Å². The Hall–Kier alpha value is -1.60. The van der Waals surface area contributed by atoms with Gasteiger partial charge in [-0.2, -0.15) is 0 Å². The van der Waals surface area contributed by atoms with E-state index in [0.29, 0.717) is 12.6 Å². The molecule has 24 heavy (non-hydrogen) atoms. The molecule has 2 aliphatic heterocycles. The van der Waals surface area contributed by atoms with Crippen molar-refractivity contribution >= 4 is 22.4 Å². The number of thiazole rings is 1. The number of likely N-dealkylation sites (tertiary alicyclic amines) is 1. The van der Waals surface area contributed by atoms with Crippen molar-refractivity contribution in [3.63, 3.8) is 0 Å². The summed E-state index contributed by atoms with van der Waals surface area (Å²) in [5.41, 5.74) is 1.04. The van der Waals surface area contributed by atoms with E-state index >= 15 is 0 Å². The highest BCUT2D eigenvalue weighted by Gasteiger charge is 2.29. The number of hydrogen-bond donors (Lipinski definition) is 1. The maximum atomic E-state index is 4.82. The minimum absolute atomic E-state index is 0.638. The van der Waals surface area contributed by atoms with Crippen LogP contribution in [0.4, 0.5) is 5.13 Å². The van der Waals surface area contributed by atoms with Gasteiger partial charge < -0.3 is 15.1 Å². The van der Waals surface area contributed by atoms with E-state index in [-0.39, 0.29) is 0 Å². The van der Waals surface area contributed by atoms with Crippen LogP contribution in [-0.4, -0.2) is 73.6 Å². The molecular formula is C17H28N6S. The summed E-state index contributed by atoms with van der Waals surface area (Å²) in [7, 11) is 4.04. The Bertz CT molecular complexity index is 586. The highest BCUT2D eigenvalue weighted by atomic mass is 32.1. The molecule has 1 unspecified atom stereocenters. The minimum atomic E-state index is 0.638. The Labute approximate surface area is 148 Å². The van der Waals surface area contributed by atoms with Crippen LogP contribution in [0.1, 0.15) is 19.0 Å². The Morgan fingerprint density at radius 3 is 2.88 bits per heavy atom. The van der Waals surface area contributed by atoms with Gasteiger partial charge in [0.2, 0.25) is 0 Å². The van der Waals surface area contributed by atoms with Gasteiger partial charge in [-0.1, -0.05) is 12.2 Å². The van der Waals surface area contributed by atoms with E-state index in [4.69, 9.17) is 4.99 Å². The van der Waals surface area contributed by atoms with Crippen LogP contribution in [0.5, 0.6) is 0 Å². The minimum Gasteiger partial charge on any atom is -0.357 e. The first-order valence-corrected chi connectivity index (χ1v) is 9.59. The van der Waals surface area contributed by atoms with Gasteiger partial charge in [0.1, 0.15) is 0 Å². The summed E-state index contributed by atoms with van der Waals surface area (Å²) in [5, 5.41) is 6.58. The fourth-order valence-corrected chi connectivity index (χ4v) is 3.93. The lowest BCUT2D eigenvalue weighted by molar-refractivity contribution is 0.259. The van der Waals surface area contributed by atoms with E-state index in [0.717, 1.165) is 49.5 Å².